The number of hydrogen-bond donors (Lipinski definition) is 0. The van der Waals surface area contributed by atoms with Crippen LogP contribution in [0.15, 0.2) is 24.3 Å². The van der Waals surface area contributed by atoms with E-state index in [9.17, 15) is 4.79 Å². The summed E-state index contributed by atoms with van der Waals surface area (Å²) in [5, 5.41) is 0. The number of carbonyl (C=O) groups is 1. The molecule has 1 aliphatic carbocycles. The maximum absolute atomic E-state index is 11.6. The van der Waals surface area contributed by atoms with Gasteiger partial charge in [-0.2, -0.15) is 0 Å². The zero-order chi connectivity index (χ0) is 12.3. The highest BCUT2D eigenvalue weighted by molar-refractivity contribution is 5.79. The van der Waals surface area contributed by atoms with Gasteiger partial charge in [0.05, 0.1) is 7.11 Å². The first kappa shape index (κ1) is 12.2. The Morgan fingerprint density at radius 3 is 2.88 bits per heavy atom. The van der Waals surface area contributed by atoms with E-state index in [1.807, 2.05) is 12.1 Å². The quantitative estimate of drug-likeness (QED) is 0.799. The number of methoxy groups -OCH3 is 1. The summed E-state index contributed by atoms with van der Waals surface area (Å²) in [6, 6.07) is 8.16. The zero-order valence-electron chi connectivity index (χ0n) is 10.6. The third-order valence-electron chi connectivity index (χ3n) is 3.49. The maximum atomic E-state index is 11.6. The molecule has 0 amide bonds. The highest BCUT2D eigenvalue weighted by Gasteiger charge is 2.24. The van der Waals surface area contributed by atoms with Crippen LogP contribution in [0.4, 0.5) is 0 Å². The van der Waals surface area contributed by atoms with Gasteiger partial charge < -0.3 is 4.74 Å². The van der Waals surface area contributed by atoms with Crippen LogP contribution in [-0.4, -0.2) is 12.9 Å². The lowest BCUT2D eigenvalue weighted by molar-refractivity contribution is -0.122. The van der Waals surface area contributed by atoms with Crippen molar-refractivity contribution in [2.24, 2.45) is 11.8 Å². The molecule has 92 valence electrons. The van der Waals surface area contributed by atoms with Crippen LogP contribution in [0.3, 0.4) is 0 Å². The SMILES string of the molecule is COc1cccc(C[C@H]2CC(=O)C[C@H](C)C2)c1. The summed E-state index contributed by atoms with van der Waals surface area (Å²) in [6.45, 7) is 2.18. The molecular formula is C15H20O2. The summed E-state index contributed by atoms with van der Waals surface area (Å²) in [5.74, 6) is 2.39. The lowest BCUT2D eigenvalue weighted by atomic mass is 9.79. The Kier molecular flexibility index (Phi) is 3.82. The molecule has 17 heavy (non-hydrogen) atoms. The van der Waals surface area contributed by atoms with Gasteiger partial charge in [0.15, 0.2) is 0 Å². The van der Waals surface area contributed by atoms with Gasteiger partial charge >= 0.3 is 0 Å². The van der Waals surface area contributed by atoms with Gasteiger partial charge in [-0.3, -0.25) is 4.79 Å². The first-order valence-electron chi connectivity index (χ1n) is 6.32. The number of Topliss-reactive ketones (excluding diaryl/α,β-unsaturated/α-hetero) is 1. The number of carbonyl (C=O) groups excluding carboxylic acids is 1. The van der Waals surface area contributed by atoms with E-state index in [2.05, 4.69) is 19.1 Å². The van der Waals surface area contributed by atoms with Crippen molar-refractivity contribution in [1.82, 2.24) is 0 Å². The number of hydrogen-bond acceptors (Lipinski definition) is 2. The van der Waals surface area contributed by atoms with Crippen LogP contribution < -0.4 is 4.74 Å². The zero-order valence-corrected chi connectivity index (χ0v) is 10.6. The average Bonchev–Trinajstić information content (AvgIpc) is 2.28. The van der Waals surface area contributed by atoms with Gasteiger partial charge in [0.1, 0.15) is 11.5 Å². The van der Waals surface area contributed by atoms with Gasteiger partial charge in [0, 0.05) is 12.8 Å². The topological polar surface area (TPSA) is 26.3 Å². The van der Waals surface area contributed by atoms with Crippen molar-refractivity contribution in [1.29, 1.82) is 0 Å². The molecule has 1 aromatic rings. The second-order valence-corrected chi connectivity index (χ2v) is 5.21. The summed E-state index contributed by atoms with van der Waals surface area (Å²) in [5.41, 5.74) is 1.27. The Morgan fingerprint density at radius 1 is 1.35 bits per heavy atom. The average molecular weight is 232 g/mol. The number of ether oxygens (including phenoxy) is 1. The number of ketones is 1. The molecule has 1 aromatic carbocycles. The smallest absolute Gasteiger partial charge is 0.133 e. The lowest BCUT2D eigenvalue weighted by Crippen LogP contribution is -2.22. The molecule has 0 aromatic heterocycles. The van der Waals surface area contributed by atoms with E-state index in [-0.39, 0.29) is 0 Å². The Hall–Kier alpha value is -1.31. The highest BCUT2D eigenvalue weighted by atomic mass is 16.5. The van der Waals surface area contributed by atoms with Gasteiger partial charge in [-0.15, -0.1) is 0 Å². The van der Waals surface area contributed by atoms with Crippen LogP contribution >= 0.6 is 0 Å². The van der Waals surface area contributed by atoms with Crippen LogP contribution in [0, 0.1) is 11.8 Å². The van der Waals surface area contributed by atoms with Crippen LogP contribution in [0.5, 0.6) is 5.75 Å². The summed E-state index contributed by atoms with van der Waals surface area (Å²) < 4.78 is 5.22. The summed E-state index contributed by atoms with van der Waals surface area (Å²) in [7, 11) is 1.69. The normalized spacial score (nSPS) is 24.7. The van der Waals surface area contributed by atoms with Crippen molar-refractivity contribution in [3.63, 3.8) is 0 Å². The van der Waals surface area contributed by atoms with E-state index in [1.165, 1.54) is 12.0 Å². The molecule has 0 radical (unpaired) electrons. The fraction of sp³-hybridized carbons (Fsp3) is 0.533. The van der Waals surface area contributed by atoms with Crippen molar-refractivity contribution >= 4 is 5.78 Å². The standard InChI is InChI=1S/C15H20O2/c1-11-6-13(9-14(16)7-11)8-12-4-3-5-15(10-12)17-2/h3-5,10-11,13H,6-9H2,1-2H3/t11-,13+/m1/s1. The molecule has 1 fully saturated rings. The Balaban J connectivity index is 2.02. The first-order chi connectivity index (χ1) is 8.17. The van der Waals surface area contributed by atoms with Gasteiger partial charge in [-0.25, -0.2) is 0 Å². The maximum Gasteiger partial charge on any atom is 0.133 e. The van der Waals surface area contributed by atoms with Crippen molar-refractivity contribution in [2.75, 3.05) is 7.11 Å². The van der Waals surface area contributed by atoms with E-state index < -0.39 is 0 Å². The van der Waals surface area contributed by atoms with Crippen LogP contribution in [0.25, 0.3) is 0 Å². The van der Waals surface area contributed by atoms with Crippen LogP contribution in [0.2, 0.25) is 0 Å². The number of benzene rings is 1. The first-order valence-corrected chi connectivity index (χ1v) is 6.32. The molecule has 2 nitrogen and oxygen atoms in total. The molecule has 0 N–H and O–H groups in total. The van der Waals surface area contributed by atoms with E-state index in [0.717, 1.165) is 25.0 Å². The van der Waals surface area contributed by atoms with Crippen molar-refractivity contribution in [3.05, 3.63) is 29.8 Å². The second-order valence-electron chi connectivity index (χ2n) is 5.21. The highest BCUT2D eigenvalue weighted by Crippen LogP contribution is 2.29. The Bertz CT molecular complexity index is 398. The van der Waals surface area contributed by atoms with Crippen molar-refractivity contribution in [2.45, 2.75) is 32.6 Å². The van der Waals surface area contributed by atoms with Gasteiger partial charge in [0.25, 0.3) is 0 Å². The van der Waals surface area contributed by atoms with E-state index in [4.69, 9.17) is 4.74 Å². The molecule has 1 saturated carbocycles. The second kappa shape index (κ2) is 5.35. The van der Waals surface area contributed by atoms with Crippen molar-refractivity contribution in [3.8, 4) is 5.75 Å². The van der Waals surface area contributed by atoms with Gasteiger partial charge in [0.2, 0.25) is 0 Å². The minimum absolute atomic E-state index is 0.427. The van der Waals surface area contributed by atoms with E-state index in [0.29, 0.717) is 17.6 Å². The Morgan fingerprint density at radius 2 is 2.18 bits per heavy atom. The molecule has 2 rings (SSSR count). The molecule has 2 atom stereocenters. The summed E-state index contributed by atoms with van der Waals surface area (Å²) in [4.78, 5) is 11.6. The largest absolute Gasteiger partial charge is 0.497 e. The lowest BCUT2D eigenvalue weighted by Gasteiger charge is -2.25. The molecule has 1 aliphatic rings. The predicted octanol–water partition coefficient (Wildman–Crippen LogP) is 3.24. The number of rotatable bonds is 3. The Labute approximate surface area is 103 Å². The molecule has 0 unspecified atom stereocenters. The molecular weight excluding hydrogens is 212 g/mol. The molecule has 0 spiro atoms. The fourth-order valence-corrected chi connectivity index (χ4v) is 2.82. The fourth-order valence-electron chi connectivity index (χ4n) is 2.82. The van der Waals surface area contributed by atoms with Crippen LogP contribution in [-0.2, 0) is 11.2 Å². The van der Waals surface area contributed by atoms with E-state index >= 15 is 0 Å². The third kappa shape index (κ3) is 3.32. The third-order valence-corrected chi connectivity index (χ3v) is 3.49. The minimum atomic E-state index is 0.427. The molecule has 2 heteroatoms. The van der Waals surface area contributed by atoms with Crippen LogP contribution in [0.1, 0.15) is 31.7 Å². The summed E-state index contributed by atoms with van der Waals surface area (Å²) in [6.07, 6.45) is 3.69. The molecule has 0 heterocycles. The van der Waals surface area contributed by atoms with Gasteiger partial charge in [-0.05, 0) is 42.4 Å². The molecule has 0 bridgehead atoms. The van der Waals surface area contributed by atoms with E-state index in [1.54, 1.807) is 7.11 Å². The summed E-state index contributed by atoms with van der Waals surface area (Å²) >= 11 is 0. The minimum Gasteiger partial charge on any atom is -0.497 e. The molecule has 0 saturated heterocycles. The van der Waals surface area contributed by atoms with Crippen molar-refractivity contribution < 1.29 is 9.53 Å². The monoisotopic (exact) mass is 232 g/mol. The predicted molar refractivity (Wildman–Crippen MR) is 68.2 cm³/mol. The van der Waals surface area contributed by atoms with Gasteiger partial charge in [-0.1, -0.05) is 19.1 Å². The molecule has 0 aliphatic heterocycles.